The van der Waals surface area contributed by atoms with Gasteiger partial charge in [-0.25, -0.2) is 9.97 Å². The summed E-state index contributed by atoms with van der Waals surface area (Å²) in [6.07, 6.45) is 6.80. The lowest BCUT2D eigenvalue weighted by molar-refractivity contribution is -0.117. The number of nitrogens with zero attached hydrogens (tertiary/aromatic N) is 4. The van der Waals surface area contributed by atoms with Gasteiger partial charge in [0, 0.05) is 37.3 Å². The fourth-order valence-corrected chi connectivity index (χ4v) is 4.01. The third-order valence-corrected chi connectivity index (χ3v) is 5.52. The van der Waals surface area contributed by atoms with E-state index >= 15 is 0 Å². The predicted octanol–water partition coefficient (Wildman–Crippen LogP) is 2.53. The quantitative estimate of drug-likeness (QED) is 0.788. The van der Waals surface area contributed by atoms with Crippen molar-refractivity contribution in [2.75, 3.05) is 25.0 Å². The van der Waals surface area contributed by atoms with Crippen molar-refractivity contribution in [1.82, 2.24) is 19.4 Å². The molecule has 2 unspecified atom stereocenters. The average Bonchev–Trinajstić information content (AvgIpc) is 3.01. The summed E-state index contributed by atoms with van der Waals surface area (Å²) in [5.74, 6) is 2.30. The van der Waals surface area contributed by atoms with Gasteiger partial charge in [0.25, 0.3) is 0 Å². The summed E-state index contributed by atoms with van der Waals surface area (Å²) in [7, 11) is 1.98. The van der Waals surface area contributed by atoms with Crippen LogP contribution in [-0.4, -0.2) is 45.0 Å². The number of anilines is 1. The van der Waals surface area contributed by atoms with Crippen molar-refractivity contribution >= 4 is 22.5 Å². The Morgan fingerprint density at radius 3 is 2.81 bits per heavy atom. The highest BCUT2D eigenvalue weighted by Gasteiger charge is 2.45. The topological polar surface area (TPSA) is 63.1 Å². The summed E-state index contributed by atoms with van der Waals surface area (Å²) < 4.78 is 1.99. The molecule has 0 bridgehead atoms. The third kappa shape index (κ3) is 2.86. The molecule has 1 amide bonds. The number of fused-ring (bicyclic) bond motifs is 2. The molecule has 2 fully saturated rings. The number of imidazole rings is 1. The van der Waals surface area contributed by atoms with E-state index in [1.54, 1.807) is 6.33 Å². The molecule has 6 nitrogen and oxygen atoms in total. The predicted molar refractivity (Wildman–Crippen MR) is 101 cm³/mol. The number of amides is 1. The molecule has 1 saturated heterocycles. The SMILES string of the molecule is Cn1cncc1-c1ccc2cnc(NC(=O)CN3CC4CC4C3)cc2c1. The first-order valence-corrected chi connectivity index (χ1v) is 9.04. The van der Waals surface area contributed by atoms with E-state index in [1.807, 2.05) is 36.1 Å². The summed E-state index contributed by atoms with van der Waals surface area (Å²) in [5, 5.41) is 5.05. The highest BCUT2D eigenvalue weighted by Crippen LogP contribution is 2.44. The molecule has 1 aliphatic carbocycles. The summed E-state index contributed by atoms with van der Waals surface area (Å²) in [6.45, 7) is 2.59. The molecule has 132 valence electrons. The number of hydrogen-bond donors (Lipinski definition) is 1. The minimum absolute atomic E-state index is 0.0148. The molecule has 26 heavy (non-hydrogen) atoms. The van der Waals surface area contributed by atoms with Gasteiger partial charge in [-0.2, -0.15) is 0 Å². The minimum Gasteiger partial charge on any atom is -0.334 e. The van der Waals surface area contributed by atoms with Crippen LogP contribution in [0, 0.1) is 11.8 Å². The van der Waals surface area contributed by atoms with E-state index < -0.39 is 0 Å². The standard InChI is InChI=1S/C20H21N5O/c1-24-12-21-8-18(24)13-2-3-14-7-22-19(6-15(14)4-13)23-20(26)11-25-9-16-5-17(16)10-25/h2-4,6-8,12,16-17H,5,9-11H2,1H3,(H,22,23,26). The van der Waals surface area contributed by atoms with Gasteiger partial charge in [0.05, 0.1) is 24.8 Å². The smallest absolute Gasteiger partial charge is 0.239 e. The summed E-state index contributed by atoms with van der Waals surface area (Å²) in [5.41, 5.74) is 2.15. The van der Waals surface area contributed by atoms with Crippen molar-refractivity contribution in [3.63, 3.8) is 0 Å². The van der Waals surface area contributed by atoms with Crippen LogP contribution in [0.5, 0.6) is 0 Å². The molecule has 6 heteroatoms. The Labute approximate surface area is 151 Å². The van der Waals surface area contributed by atoms with Crippen molar-refractivity contribution in [2.45, 2.75) is 6.42 Å². The van der Waals surface area contributed by atoms with E-state index in [4.69, 9.17) is 0 Å². The van der Waals surface area contributed by atoms with Crippen LogP contribution >= 0.6 is 0 Å². The van der Waals surface area contributed by atoms with Gasteiger partial charge < -0.3 is 9.88 Å². The van der Waals surface area contributed by atoms with Gasteiger partial charge >= 0.3 is 0 Å². The van der Waals surface area contributed by atoms with Crippen LogP contribution in [0.4, 0.5) is 5.82 Å². The van der Waals surface area contributed by atoms with Gasteiger partial charge in [-0.3, -0.25) is 9.69 Å². The molecule has 2 aliphatic rings. The highest BCUT2D eigenvalue weighted by atomic mass is 16.2. The Balaban J connectivity index is 1.34. The third-order valence-electron chi connectivity index (χ3n) is 5.52. The fourth-order valence-electron chi connectivity index (χ4n) is 4.01. The lowest BCUT2D eigenvalue weighted by atomic mass is 10.1. The molecule has 3 aromatic rings. The van der Waals surface area contributed by atoms with Crippen LogP contribution in [-0.2, 0) is 11.8 Å². The van der Waals surface area contributed by atoms with E-state index in [0.717, 1.165) is 47.0 Å². The molecule has 2 atom stereocenters. The van der Waals surface area contributed by atoms with Crippen molar-refractivity contribution in [3.05, 3.63) is 43.0 Å². The summed E-state index contributed by atoms with van der Waals surface area (Å²) >= 11 is 0. The zero-order valence-corrected chi connectivity index (χ0v) is 14.7. The Kier molecular flexibility index (Phi) is 3.53. The summed E-state index contributed by atoms with van der Waals surface area (Å²) in [4.78, 5) is 23.1. The lowest BCUT2D eigenvalue weighted by Crippen LogP contribution is -2.32. The van der Waals surface area contributed by atoms with Crippen molar-refractivity contribution in [3.8, 4) is 11.3 Å². The molecule has 5 rings (SSSR count). The van der Waals surface area contributed by atoms with E-state index in [1.165, 1.54) is 6.42 Å². The molecule has 1 aliphatic heterocycles. The van der Waals surface area contributed by atoms with Crippen molar-refractivity contribution in [1.29, 1.82) is 0 Å². The number of likely N-dealkylation sites (tertiary alicyclic amines) is 1. The van der Waals surface area contributed by atoms with Gasteiger partial charge in [0.1, 0.15) is 5.82 Å². The fraction of sp³-hybridized carbons (Fsp3) is 0.350. The molecule has 1 aromatic carbocycles. The molecular formula is C20H21N5O. The molecule has 0 radical (unpaired) electrons. The Morgan fingerprint density at radius 2 is 2.04 bits per heavy atom. The minimum atomic E-state index is 0.0148. The van der Waals surface area contributed by atoms with E-state index in [9.17, 15) is 4.79 Å². The monoisotopic (exact) mass is 347 g/mol. The maximum Gasteiger partial charge on any atom is 0.239 e. The van der Waals surface area contributed by atoms with Crippen molar-refractivity contribution < 1.29 is 4.79 Å². The van der Waals surface area contributed by atoms with Crippen LogP contribution in [0.15, 0.2) is 43.0 Å². The number of carbonyl (C=O) groups excluding carboxylic acids is 1. The largest absolute Gasteiger partial charge is 0.334 e. The number of piperidine rings is 1. The average molecular weight is 347 g/mol. The van der Waals surface area contributed by atoms with Crippen molar-refractivity contribution in [2.24, 2.45) is 18.9 Å². The van der Waals surface area contributed by atoms with Crippen LogP contribution in [0.25, 0.3) is 22.0 Å². The Morgan fingerprint density at radius 1 is 1.19 bits per heavy atom. The zero-order valence-electron chi connectivity index (χ0n) is 14.7. The zero-order chi connectivity index (χ0) is 17.7. The van der Waals surface area contributed by atoms with Gasteiger partial charge in [0.2, 0.25) is 5.91 Å². The number of rotatable bonds is 4. The molecular weight excluding hydrogens is 326 g/mol. The second-order valence-electron chi connectivity index (χ2n) is 7.52. The molecule has 1 saturated carbocycles. The van der Waals surface area contributed by atoms with Crippen LogP contribution in [0.3, 0.4) is 0 Å². The summed E-state index contributed by atoms with van der Waals surface area (Å²) in [6, 6.07) is 8.16. The number of nitrogens with one attached hydrogen (secondary N) is 1. The molecule has 3 heterocycles. The first-order chi connectivity index (χ1) is 12.7. The molecule has 0 spiro atoms. The van der Waals surface area contributed by atoms with Crippen LogP contribution < -0.4 is 5.32 Å². The van der Waals surface area contributed by atoms with Gasteiger partial charge in [-0.15, -0.1) is 0 Å². The van der Waals surface area contributed by atoms with E-state index in [-0.39, 0.29) is 5.91 Å². The second-order valence-corrected chi connectivity index (χ2v) is 7.52. The number of benzene rings is 1. The first kappa shape index (κ1) is 15.5. The maximum absolute atomic E-state index is 12.3. The molecule has 1 N–H and O–H groups in total. The highest BCUT2D eigenvalue weighted by molar-refractivity contribution is 5.94. The first-order valence-electron chi connectivity index (χ1n) is 9.04. The van der Waals surface area contributed by atoms with Gasteiger partial charge in [-0.1, -0.05) is 12.1 Å². The lowest BCUT2D eigenvalue weighted by Gasteiger charge is -2.16. The van der Waals surface area contributed by atoms with Crippen LogP contribution in [0.1, 0.15) is 6.42 Å². The van der Waals surface area contributed by atoms with E-state index in [0.29, 0.717) is 12.4 Å². The molecule has 2 aromatic heterocycles. The Bertz CT molecular complexity index is 985. The number of aromatic nitrogens is 3. The number of hydrogen-bond acceptors (Lipinski definition) is 4. The Hall–Kier alpha value is -2.73. The van der Waals surface area contributed by atoms with E-state index in [2.05, 4.69) is 32.3 Å². The second kappa shape index (κ2) is 5.92. The van der Waals surface area contributed by atoms with Gasteiger partial charge in [0.15, 0.2) is 0 Å². The number of carbonyl (C=O) groups is 1. The number of aryl methyl sites for hydroxylation is 1. The number of pyridine rings is 1. The maximum atomic E-state index is 12.3. The van der Waals surface area contributed by atoms with Crippen LogP contribution in [0.2, 0.25) is 0 Å². The van der Waals surface area contributed by atoms with Gasteiger partial charge in [-0.05, 0) is 35.8 Å². The normalized spacial score (nSPS) is 21.7.